The van der Waals surface area contributed by atoms with Gasteiger partial charge in [-0.25, -0.2) is 0 Å². The Morgan fingerprint density at radius 2 is 1.85 bits per heavy atom. The molecule has 0 radical (unpaired) electrons. The molecule has 0 fully saturated rings. The van der Waals surface area contributed by atoms with Crippen molar-refractivity contribution in [3.8, 4) is 0 Å². The van der Waals surface area contributed by atoms with Crippen LogP contribution in [-0.4, -0.2) is 18.6 Å². The lowest BCUT2D eigenvalue weighted by molar-refractivity contribution is 0.571. The Morgan fingerprint density at radius 1 is 1.20 bits per heavy atom. The third-order valence-electron chi connectivity index (χ3n) is 3.56. The van der Waals surface area contributed by atoms with Crippen molar-refractivity contribution in [2.75, 3.05) is 11.4 Å². The smallest absolute Gasteiger partial charge is 0.0380 e. The first kappa shape index (κ1) is 17.5. The normalized spacial score (nSPS) is 13.1. The number of nitrogens with two attached hydrogens (primary N) is 1. The number of nitrogens with zero attached hydrogens (tertiary/aromatic N) is 1. The third kappa shape index (κ3) is 5.10. The summed E-state index contributed by atoms with van der Waals surface area (Å²) in [5, 5.41) is 0. The fourth-order valence-corrected chi connectivity index (χ4v) is 2.84. The molecule has 3 heteroatoms. The predicted octanol–water partition coefficient (Wildman–Crippen LogP) is 4.60. The van der Waals surface area contributed by atoms with Crippen LogP contribution in [0, 0.1) is 5.92 Å². The number of rotatable bonds is 7. The molecule has 0 saturated heterocycles. The highest BCUT2D eigenvalue weighted by Gasteiger charge is 2.14. The van der Waals surface area contributed by atoms with Gasteiger partial charge in [-0.2, -0.15) is 0 Å². The minimum atomic E-state index is 0.244. The Bertz CT molecular complexity index is 415. The average Bonchev–Trinajstić information content (AvgIpc) is 2.37. The topological polar surface area (TPSA) is 29.3 Å². The Hall–Kier alpha value is -0.540. The molecule has 1 aromatic carbocycles. The Kier molecular flexibility index (Phi) is 7.04. The lowest BCUT2D eigenvalue weighted by Gasteiger charge is -2.31. The number of hydrogen-bond donors (Lipinski definition) is 1. The second-order valence-electron chi connectivity index (χ2n) is 6.29. The van der Waals surface area contributed by atoms with E-state index in [-0.39, 0.29) is 6.04 Å². The summed E-state index contributed by atoms with van der Waals surface area (Å²) in [4.78, 5) is 2.46. The Labute approximate surface area is 132 Å². The van der Waals surface area contributed by atoms with Crippen LogP contribution in [0.1, 0.15) is 46.6 Å². The van der Waals surface area contributed by atoms with Crippen molar-refractivity contribution in [3.05, 3.63) is 28.2 Å². The summed E-state index contributed by atoms with van der Waals surface area (Å²) in [6, 6.07) is 7.43. The lowest BCUT2D eigenvalue weighted by Crippen LogP contribution is -2.34. The quantitative estimate of drug-likeness (QED) is 0.785. The first-order valence-corrected chi connectivity index (χ1v) is 8.45. The molecule has 20 heavy (non-hydrogen) atoms. The molecule has 0 bridgehead atoms. The molecular weight excluding hydrogens is 312 g/mol. The van der Waals surface area contributed by atoms with E-state index in [1.165, 1.54) is 15.7 Å². The van der Waals surface area contributed by atoms with Crippen molar-refractivity contribution in [2.24, 2.45) is 11.7 Å². The van der Waals surface area contributed by atoms with Gasteiger partial charge in [0.25, 0.3) is 0 Å². The molecule has 1 rings (SSSR count). The fraction of sp³-hybridized carbons (Fsp3) is 0.647. The molecule has 0 aliphatic carbocycles. The minimum Gasteiger partial charge on any atom is -0.369 e. The fourth-order valence-electron chi connectivity index (χ4n) is 2.31. The lowest BCUT2D eigenvalue weighted by atomic mass is 10.0. The molecule has 2 N–H and O–H groups in total. The average molecular weight is 341 g/mol. The number of hydrogen-bond acceptors (Lipinski definition) is 2. The third-order valence-corrected chi connectivity index (χ3v) is 4.30. The molecule has 0 saturated carbocycles. The molecule has 0 aliphatic heterocycles. The molecule has 0 heterocycles. The van der Waals surface area contributed by atoms with Gasteiger partial charge < -0.3 is 10.6 Å². The molecule has 1 aromatic rings. The second-order valence-corrected chi connectivity index (χ2v) is 7.14. The van der Waals surface area contributed by atoms with Crippen molar-refractivity contribution >= 4 is 21.6 Å². The van der Waals surface area contributed by atoms with E-state index >= 15 is 0 Å². The van der Waals surface area contributed by atoms with Crippen LogP contribution in [0.25, 0.3) is 0 Å². The van der Waals surface area contributed by atoms with Crippen LogP contribution in [0.5, 0.6) is 0 Å². The van der Waals surface area contributed by atoms with Crippen molar-refractivity contribution in [3.63, 3.8) is 0 Å². The van der Waals surface area contributed by atoms with Crippen molar-refractivity contribution in [1.82, 2.24) is 0 Å². The van der Waals surface area contributed by atoms with Gasteiger partial charge in [0.2, 0.25) is 0 Å². The van der Waals surface area contributed by atoms with E-state index in [2.05, 4.69) is 73.6 Å². The zero-order valence-electron chi connectivity index (χ0n) is 13.5. The van der Waals surface area contributed by atoms with Crippen LogP contribution in [0.15, 0.2) is 22.7 Å². The van der Waals surface area contributed by atoms with E-state index in [0.29, 0.717) is 12.0 Å². The number of halogens is 1. The molecule has 2 nitrogen and oxygen atoms in total. The molecule has 0 aliphatic rings. The van der Waals surface area contributed by atoms with Gasteiger partial charge in [0, 0.05) is 28.8 Å². The van der Waals surface area contributed by atoms with Crippen LogP contribution < -0.4 is 10.6 Å². The number of anilines is 1. The molecule has 1 unspecified atom stereocenters. The van der Waals surface area contributed by atoms with Gasteiger partial charge in [0.15, 0.2) is 0 Å². The highest BCUT2D eigenvalue weighted by molar-refractivity contribution is 9.10. The molecular formula is C17H29BrN2. The van der Waals surface area contributed by atoms with Crippen molar-refractivity contribution < 1.29 is 0 Å². The summed E-state index contributed by atoms with van der Waals surface area (Å²) in [5.74, 6) is 0.657. The first-order valence-electron chi connectivity index (χ1n) is 7.65. The Balaban J connectivity index is 2.94. The highest BCUT2D eigenvalue weighted by atomic mass is 79.9. The van der Waals surface area contributed by atoms with Crippen LogP contribution in [0.4, 0.5) is 5.69 Å². The van der Waals surface area contributed by atoms with E-state index in [4.69, 9.17) is 5.73 Å². The summed E-state index contributed by atoms with van der Waals surface area (Å²) in [6.45, 7) is 12.2. The highest BCUT2D eigenvalue weighted by Crippen LogP contribution is 2.27. The van der Waals surface area contributed by atoms with Crippen molar-refractivity contribution in [2.45, 2.75) is 59.5 Å². The molecule has 0 amide bonds. The second kappa shape index (κ2) is 8.04. The molecule has 1 atom stereocenters. The largest absolute Gasteiger partial charge is 0.369 e. The summed E-state index contributed by atoms with van der Waals surface area (Å²) in [6.07, 6.45) is 1.95. The van der Waals surface area contributed by atoms with Crippen LogP contribution in [0.2, 0.25) is 0 Å². The maximum atomic E-state index is 6.05. The van der Waals surface area contributed by atoms with Gasteiger partial charge in [-0.15, -0.1) is 0 Å². The van der Waals surface area contributed by atoms with Crippen LogP contribution >= 0.6 is 15.9 Å². The monoisotopic (exact) mass is 340 g/mol. The minimum absolute atomic E-state index is 0.244. The number of benzene rings is 1. The maximum absolute atomic E-state index is 6.05. The summed E-state index contributed by atoms with van der Waals surface area (Å²) in [7, 11) is 0. The van der Waals surface area contributed by atoms with Gasteiger partial charge in [-0.05, 0) is 50.3 Å². The van der Waals surface area contributed by atoms with Gasteiger partial charge >= 0.3 is 0 Å². The first-order chi connectivity index (χ1) is 9.35. The summed E-state index contributed by atoms with van der Waals surface area (Å²) < 4.78 is 1.17. The van der Waals surface area contributed by atoms with E-state index in [1.807, 2.05) is 0 Å². The van der Waals surface area contributed by atoms with Crippen LogP contribution in [-0.2, 0) is 6.42 Å². The predicted molar refractivity (Wildman–Crippen MR) is 93.4 cm³/mol. The van der Waals surface area contributed by atoms with Gasteiger partial charge in [-0.1, -0.05) is 42.8 Å². The maximum Gasteiger partial charge on any atom is 0.0380 e. The standard InChI is InChI=1S/C17H29BrN2/c1-6-15(19)9-14-7-8-16(10-17(14)18)20(13(4)5)11-12(2)3/h7-8,10,12-13,15H,6,9,11,19H2,1-5H3. The SMILES string of the molecule is CCC(N)Cc1ccc(N(CC(C)C)C(C)C)cc1Br. The summed E-state index contributed by atoms with van der Waals surface area (Å²) in [5.41, 5.74) is 8.64. The van der Waals surface area contributed by atoms with Gasteiger partial charge in [0.1, 0.15) is 0 Å². The zero-order chi connectivity index (χ0) is 15.3. The van der Waals surface area contributed by atoms with Crippen LogP contribution in [0.3, 0.4) is 0 Å². The summed E-state index contributed by atoms with van der Waals surface area (Å²) >= 11 is 3.71. The Morgan fingerprint density at radius 3 is 2.30 bits per heavy atom. The molecule has 0 spiro atoms. The molecule has 0 aromatic heterocycles. The molecule has 114 valence electrons. The van der Waals surface area contributed by atoms with E-state index in [1.54, 1.807) is 0 Å². The van der Waals surface area contributed by atoms with E-state index < -0.39 is 0 Å². The van der Waals surface area contributed by atoms with E-state index in [9.17, 15) is 0 Å². The van der Waals surface area contributed by atoms with E-state index in [0.717, 1.165) is 19.4 Å². The van der Waals surface area contributed by atoms with Gasteiger partial charge in [0.05, 0.1) is 0 Å². The van der Waals surface area contributed by atoms with Gasteiger partial charge in [-0.3, -0.25) is 0 Å². The zero-order valence-corrected chi connectivity index (χ0v) is 15.1. The van der Waals surface area contributed by atoms with Crippen molar-refractivity contribution in [1.29, 1.82) is 0 Å².